The van der Waals surface area contributed by atoms with Crippen LogP contribution in [0.2, 0.25) is 0 Å². The topological polar surface area (TPSA) is 12.9 Å². The van der Waals surface area contributed by atoms with Crippen LogP contribution >= 0.6 is 0 Å². The van der Waals surface area contributed by atoms with Gasteiger partial charge in [0.25, 0.3) is 0 Å². The summed E-state index contributed by atoms with van der Waals surface area (Å²) < 4.78 is 0. The van der Waals surface area contributed by atoms with Crippen LogP contribution < -0.4 is 0 Å². The normalized spacial score (nSPS) is 16.2. The Bertz CT molecular complexity index is 2740. The summed E-state index contributed by atoms with van der Waals surface area (Å²) in [7, 11) is 0. The molecular formula is C61H49N. The molecule has 62 heavy (non-hydrogen) atoms. The monoisotopic (exact) mass is 795 g/mol. The smallest absolute Gasteiger partial charge is 0.0715 e. The molecule has 7 aromatic carbocycles. The summed E-state index contributed by atoms with van der Waals surface area (Å²) in [6.45, 7) is 0. The lowest BCUT2D eigenvalue weighted by atomic mass is 9.56. The van der Waals surface area contributed by atoms with Gasteiger partial charge in [-0.2, -0.15) is 0 Å². The van der Waals surface area contributed by atoms with Crippen LogP contribution in [0.3, 0.4) is 0 Å². The van der Waals surface area contributed by atoms with E-state index in [1.165, 1.54) is 38.9 Å². The molecule has 1 heterocycles. The number of hydrogen-bond donors (Lipinski definition) is 0. The highest BCUT2D eigenvalue weighted by molar-refractivity contribution is 5.81. The zero-order valence-electron chi connectivity index (χ0n) is 34.8. The molecule has 2 atom stereocenters. The van der Waals surface area contributed by atoms with Gasteiger partial charge in [0, 0.05) is 11.0 Å². The first-order valence-corrected chi connectivity index (χ1v) is 21.9. The van der Waals surface area contributed by atoms with Gasteiger partial charge in [-0.1, -0.05) is 243 Å². The first kappa shape index (κ1) is 38.8. The van der Waals surface area contributed by atoms with Crippen LogP contribution in [0, 0.1) is 11.8 Å². The first-order valence-electron chi connectivity index (χ1n) is 21.9. The van der Waals surface area contributed by atoms with Crippen LogP contribution in [0.5, 0.6) is 0 Å². The second-order valence-electron chi connectivity index (χ2n) is 16.5. The fraction of sp³-hybridized carbons (Fsp3) is 0.0984. The molecule has 0 fully saturated rings. The molecule has 0 aliphatic heterocycles. The van der Waals surface area contributed by atoms with Crippen molar-refractivity contribution >= 4 is 5.57 Å². The molecule has 1 heteroatoms. The molecule has 0 radical (unpaired) electrons. The molecule has 2 aliphatic carbocycles. The quantitative estimate of drug-likeness (QED) is 0.119. The van der Waals surface area contributed by atoms with Gasteiger partial charge in [-0.25, -0.2) is 4.98 Å². The van der Waals surface area contributed by atoms with E-state index in [1.807, 2.05) is 0 Å². The van der Waals surface area contributed by atoms with Crippen LogP contribution in [0.15, 0.2) is 261 Å². The highest BCUT2D eigenvalue weighted by atomic mass is 14.7. The highest BCUT2D eigenvalue weighted by Gasteiger charge is 2.46. The molecule has 2 unspecified atom stereocenters. The second kappa shape index (κ2) is 17.3. The van der Waals surface area contributed by atoms with Gasteiger partial charge >= 0.3 is 0 Å². The standard InChI is InChI=1S/C61H49N/c1-8-24-46(25-9-1)49-44-58(47-26-22-40-56(42-47)60(50-28-10-2-11-29-50,51-30-12-3-13-31-51)52-32-14-4-15-33-52)62-59(45-49)48-27-23-41-57(43-48)61(53-34-16-5-17-35-53,54-36-18-6-19-37-54)55-38-20-7-21-39-55/h1-38,40,42-45,55,57H,39,41H2. The molecule has 0 saturated carbocycles. The Morgan fingerprint density at radius 1 is 0.371 bits per heavy atom. The predicted molar refractivity (Wildman–Crippen MR) is 259 cm³/mol. The molecule has 0 spiro atoms. The summed E-state index contributed by atoms with van der Waals surface area (Å²) in [4.78, 5) is 5.62. The zero-order valence-corrected chi connectivity index (χ0v) is 34.8. The Kier molecular flexibility index (Phi) is 10.8. The summed E-state index contributed by atoms with van der Waals surface area (Å²) in [5.74, 6) is 0.443. The van der Waals surface area contributed by atoms with Crippen molar-refractivity contribution in [3.8, 4) is 22.4 Å². The fourth-order valence-corrected chi connectivity index (χ4v) is 10.4. The van der Waals surface area contributed by atoms with E-state index in [1.54, 1.807) is 0 Å². The first-order chi connectivity index (χ1) is 30.7. The number of nitrogens with zero attached hydrogens (tertiary/aromatic N) is 1. The molecule has 1 aromatic heterocycles. The highest BCUT2D eigenvalue weighted by Crippen LogP contribution is 2.52. The maximum Gasteiger partial charge on any atom is 0.0715 e. The van der Waals surface area contributed by atoms with Gasteiger partial charge in [0.05, 0.1) is 16.8 Å². The largest absolute Gasteiger partial charge is 0.248 e. The lowest BCUT2D eigenvalue weighted by Gasteiger charge is -2.47. The van der Waals surface area contributed by atoms with Crippen LogP contribution in [-0.2, 0) is 10.8 Å². The molecule has 298 valence electrons. The van der Waals surface area contributed by atoms with Crippen molar-refractivity contribution in [2.75, 3.05) is 0 Å². The molecule has 0 N–H and O–H groups in total. The van der Waals surface area contributed by atoms with E-state index in [4.69, 9.17) is 4.98 Å². The van der Waals surface area contributed by atoms with E-state index in [-0.39, 0.29) is 17.3 Å². The summed E-state index contributed by atoms with van der Waals surface area (Å²) in [5.41, 5.74) is 13.1. The molecule has 1 nitrogen and oxygen atoms in total. The number of aromatic nitrogens is 1. The third kappa shape index (κ3) is 7.10. The van der Waals surface area contributed by atoms with Gasteiger partial charge in [0.2, 0.25) is 0 Å². The maximum absolute atomic E-state index is 5.62. The Balaban J connectivity index is 1.17. The molecule has 10 rings (SSSR count). The average molecular weight is 796 g/mol. The lowest BCUT2D eigenvalue weighted by Crippen LogP contribution is -2.43. The minimum absolute atomic E-state index is 0.172. The van der Waals surface area contributed by atoms with Crippen molar-refractivity contribution in [2.45, 2.75) is 23.7 Å². The van der Waals surface area contributed by atoms with Crippen molar-refractivity contribution < 1.29 is 0 Å². The maximum atomic E-state index is 5.62. The van der Waals surface area contributed by atoms with Gasteiger partial charge in [-0.3, -0.25) is 0 Å². The average Bonchev–Trinajstić information content (AvgIpc) is 3.37. The lowest BCUT2D eigenvalue weighted by molar-refractivity contribution is 0.290. The number of hydrogen-bond acceptors (Lipinski definition) is 1. The van der Waals surface area contributed by atoms with Gasteiger partial charge in [-0.15, -0.1) is 0 Å². The molecule has 0 saturated heterocycles. The Morgan fingerprint density at radius 2 is 0.839 bits per heavy atom. The van der Waals surface area contributed by atoms with Crippen LogP contribution in [-0.4, -0.2) is 4.98 Å². The number of pyridine rings is 1. The summed E-state index contributed by atoms with van der Waals surface area (Å²) in [5, 5.41) is 0. The summed E-state index contributed by atoms with van der Waals surface area (Å²) in [6, 6.07) is 79.7. The molecule has 0 bridgehead atoms. The van der Waals surface area contributed by atoms with Gasteiger partial charge in [-0.05, 0) is 93.0 Å². The van der Waals surface area contributed by atoms with Crippen LogP contribution in [0.1, 0.15) is 51.9 Å². The molecule has 0 amide bonds. The van der Waals surface area contributed by atoms with E-state index in [0.717, 1.165) is 40.9 Å². The van der Waals surface area contributed by atoms with Gasteiger partial charge in [0.1, 0.15) is 0 Å². The Labute approximate surface area is 366 Å². The van der Waals surface area contributed by atoms with Crippen molar-refractivity contribution in [3.63, 3.8) is 0 Å². The van der Waals surface area contributed by atoms with Crippen LogP contribution in [0.4, 0.5) is 0 Å². The van der Waals surface area contributed by atoms with E-state index < -0.39 is 5.41 Å². The fourth-order valence-electron chi connectivity index (χ4n) is 10.4. The van der Waals surface area contributed by atoms with Crippen molar-refractivity contribution in [1.82, 2.24) is 4.98 Å². The zero-order chi connectivity index (χ0) is 41.6. The van der Waals surface area contributed by atoms with E-state index in [9.17, 15) is 0 Å². The SMILES string of the molecule is C1=CCC(C(c2ccccc2)(c2ccccc2)C2C=C(c3cc(-c4ccccc4)cc(-c4cccc(C(c5ccccc5)(c5ccccc5)c5ccccc5)c4)n3)C=CC2)C=C1. The minimum Gasteiger partial charge on any atom is -0.248 e. The molecule has 2 aliphatic rings. The summed E-state index contributed by atoms with van der Waals surface area (Å²) >= 11 is 0. The van der Waals surface area contributed by atoms with Crippen LogP contribution in [0.25, 0.3) is 28.0 Å². The Hall–Kier alpha value is -7.35. The second-order valence-corrected chi connectivity index (χ2v) is 16.5. The predicted octanol–water partition coefficient (Wildman–Crippen LogP) is 14.9. The van der Waals surface area contributed by atoms with Gasteiger partial charge in [0.15, 0.2) is 0 Å². The minimum atomic E-state index is -0.567. The van der Waals surface area contributed by atoms with Gasteiger partial charge < -0.3 is 0 Å². The van der Waals surface area contributed by atoms with E-state index in [0.29, 0.717) is 0 Å². The summed E-state index contributed by atoms with van der Waals surface area (Å²) in [6.07, 6.45) is 18.3. The Morgan fingerprint density at radius 3 is 1.37 bits per heavy atom. The number of rotatable bonds is 11. The molecular weight excluding hydrogens is 747 g/mol. The van der Waals surface area contributed by atoms with E-state index >= 15 is 0 Å². The van der Waals surface area contributed by atoms with E-state index in [2.05, 4.69) is 261 Å². The number of allylic oxidation sites excluding steroid dienone is 8. The van der Waals surface area contributed by atoms with Crippen molar-refractivity contribution in [3.05, 3.63) is 300 Å². The van der Waals surface area contributed by atoms with Crippen molar-refractivity contribution in [1.29, 1.82) is 0 Å². The third-order valence-corrected chi connectivity index (χ3v) is 13.2. The molecule has 8 aromatic rings. The number of benzene rings is 7. The third-order valence-electron chi connectivity index (χ3n) is 13.2. The van der Waals surface area contributed by atoms with Crippen molar-refractivity contribution in [2.24, 2.45) is 11.8 Å².